The normalized spacial score (nSPS) is 18.2. The highest BCUT2D eigenvalue weighted by molar-refractivity contribution is 5.92. The largest absolute Gasteiger partial charge is 0.435 e. The number of oxazole rings is 1. The summed E-state index contributed by atoms with van der Waals surface area (Å²) in [6, 6.07) is 0.414. The molecule has 0 saturated heterocycles. The lowest BCUT2D eigenvalue weighted by atomic mass is 10.2. The first-order valence-corrected chi connectivity index (χ1v) is 8.99. The van der Waals surface area contributed by atoms with E-state index in [2.05, 4.69) is 25.8 Å². The predicted octanol–water partition coefficient (Wildman–Crippen LogP) is 2.74. The first-order valence-electron chi connectivity index (χ1n) is 8.99. The lowest BCUT2D eigenvalue weighted by Crippen LogP contribution is -2.36. The molecule has 134 valence electrons. The van der Waals surface area contributed by atoms with E-state index in [1.165, 1.54) is 0 Å². The van der Waals surface area contributed by atoms with Gasteiger partial charge in [0, 0.05) is 24.4 Å². The van der Waals surface area contributed by atoms with Crippen molar-refractivity contribution in [2.45, 2.75) is 63.8 Å². The monoisotopic (exact) mass is 345 g/mol. The second-order valence-electron chi connectivity index (χ2n) is 6.92. The summed E-state index contributed by atoms with van der Waals surface area (Å²) in [7, 11) is 0. The fourth-order valence-corrected chi connectivity index (χ4v) is 2.69. The number of anilines is 1. The summed E-state index contributed by atoms with van der Waals surface area (Å²) in [4.78, 5) is 16.7. The maximum atomic E-state index is 12.4. The van der Waals surface area contributed by atoms with Gasteiger partial charge in [0.05, 0.1) is 5.69 Å². The lowest BCUT2D eigenvalue weighted by Gasteiger charge is -2.15. The molecule has 2 heterocycles. The number of amides is 1. The van der Waals surface area contributed by atoms with Gasteiger partial charge in [-0.3, -0.25) is 4.79 Å². The molecule has 8 heteroatoms. The third kappa shape index (κ3) is 3.67. The molecule has 0 bridgehead atoms. The van der Waals surface area contributed by atoms with Crippen molar-refractivity contribution in [2.75, 3.05) is 11.9 Å². The van der Waals surface area contributed by atoms with E-state index in [0.29, 0.717) is 47.6 Å². The molecule has 2 aliphatic carbocycles. The quantitative estimate of drug-likeness (QED) is 0.757. The van der Waals surface area contributed by atoms with Gasteiger partial charge in [0.25, 0.3) is 5.91 Å². The Kier molecular flexibility index (Phi) is 4.19. The molecule has 8 nitrogen and oxygen atoms in total. The van der Waals surface area contributed by atoms with Crippen LogP contribution >= 0.6 is 0 Å². The number of carbonyl (C=O) groups excluding carboxylic acids is 1. The molecule has 25 heavy (non-hydrogen) atoms. The summed E-state index contributed by atoms with van der Waals surface area (Å²) in [5.74, 6) is 2.28. The van der Waals surface area contributed by atoms with Crippen molar-refractivity contribution < 1.29 is 13.6 Å². The zero-order chi connectivity index (χ0) is 17.4. The van der Waals surface area contributed by atoms with Crippen LogP contribution in [0.1, 0.15) is 78.9 Å². The maximum absolute atomic E-state index is 12.4. The molecule has 1 unspecified atom stereocenters. The van der Waals surface area contributed by atoms with Crippen LogP contribution in [0.15, 0.2) is 8.83 Å². The van der Waals surface area contributed by atoms with E-state index in [4.69, 9.17) is 8.83 Å². The zero-order valence-electron chi connectivity index (χ0n) is 14.5. The molecule has 1 atom stereocenters. The van der Waals surface area contributed by atoms with Crippen LogP contribution in [0.25, 0.3) is 0 Å². The van der Waals surface area contributed by atoms with E-state index in [1.54, 1.807) is 6.92 Å². The highest BCUT2D eigenvalue weighted by Gasteiger charge is 2.31. The van der Waals surface area contributed by atoms with Crippen molar-refractivity contribution in [2.24, 2.45) is 0 Å². The third-order valence-electron chi connectivity index (χ3n) is 4.64. The molecular formula is C17H23N5O3. The van der Waals surface area contributed by atoms with Crippen molar-refractivity contribution >= 4 is 11.9 Å². The van der Waals surface area contributed by atoms with Crippen molar-refractivity contribution in [1.82, 2.24) is 20.5 Å². The van der Waals surface area contributed by atoms with E-state index >= 15 is 0 Å². The van der Waals surface area contributed by atoms with Crippen LogP contribution < -0.4 is 10.6 Å². The summed E-state index contributed by atoms with van der Waals surface area (Å²) in [5.41, 5.74) is 0.645. The Morgan fingerprint density at radius 1 is 1.16 bits per heavy atom. The molecule has 2 saturated carbocycles. The van der Waals surface area contributed by atoms with E-state index in [1.807, 2.05) is 6.92 Å². The van der Waals surface area contributed by atoms with Crippen molar-refractivity contribution in [3.05, 3.63) is 23.2 Å². The number of aromatic nitrogens is 3. The van der Waals surface area contributed by atoms with Crippen LogP contribution in [0.3, 0.4) is 0 Å². The number of nitrogens with zero attached hydrogens (tertiary/aromatic N) is 3. The number of hydrogen-bond acceptors (Lipinski definition) is 7. The highest BCUT2D eigenvalue weighted by Crippen LogP contribution is 2.40. The van der Waals surface area contributed by atoms with Crippen LogP contribution in [0.4, 0.5) is 6.01 Å². The molecule has 0 aliphatic heterocycles. The Labute approximate surface area is 145 Å². The Morgan fingerprint density at radius 2 is 1.88 bits per heavy atom. The van der Waals surface area contributed by atoms with Gasteiger partial charge in [-0.05, 0) is 39.0 Å². The molecule has 2 aliphatic rings. The summed E-state index contributed by atoms with van der Waals surface area (Å²) in [5, 5.41) is 14.2. The predicted molar refractivity (Wildman–Crippen MR) is 89.5 cm³/mol. The topological polar surface area (TPSA) is 106 Å². The molecular weight excluding hydrogens is 322 g/mol. The van der Waals surface area contributed by atoms with Gasteiger partial charge < -0.3 is 19.5 Å². The number of nitrogens with one attached hydrogen (secondary N) is 2. The minimum absolute atomic E-state index is 0.00239. The van der Waals surface area contributed by atoms with Crippen LogP contribution in [-0.2, 0) is 0 Å². The van der Waals surface area contributed by atoms with Crippen molar-refractivity contribution in [3.8, 4) is 0 Å². The number of hydrogen-bond donors (Lipinski definition) is 2. The Balaban J connectivity index is 1.32. The van der Waals surface area contributed by atoms with Crippen LogP contribution in [0, 0.1) is 6.92 Å². The first kappa shape index (κ1) is 16.1. The van der Waals surface area contributed by atoms with Gasteiger partial charge in [0.1, 0.15) is 0 Å². The lowest BCUT2D eigenvalue weighted by molar-refractivity contribution is 0.0921. The Bertz CT molecular complexity index is 760. The number of carbonyl (C=O) groups is 1. The minimum Gasteiger partial charge on any atom is -0.435 e. The van der Waals surface area contributed by atoms with E-state index in [9.17, 15) is 4.79 Å². The number of rotatable bonds is 8. The van der Waals surface area contributed by atoms with Crippen molar-refractivity contribution in [1.29, 1.82) is 0 Å². The Hall–Kier alpha value is -2.38. The average molecular weight is 345 g/mol. The smallest absolute Gasteiger partial charge is 0.315 e. The SMILES string of the molecule is CCC(CNC(=O)c1oc(C2CC2)nc1C)Nc1nnc(C2CC2)o1. The fourth-order valence-electron chi connectivity index (χ4n) is 2.69. The average Bonchev–Trinajstić information content (AvgIpc) is 3.54. The van der Waals surface area contributed by atoms with Gasteiger partial charge in [0.15, 0.2) is 5.89 Å². The van der Waals surface area contributed by atoms with Gasteiger partial charge in [-0.15, -0.1) is 5.10 Å². The minimum atomic E-state index is -0.235. The molecule has 0 aromatic carbocycles. The summed E-state index contributed by atoms with van der Waals surface area (Å²) >= 11 is 0. The highest BCUT2D eigenvalue weighted by atomic mass is 16.4. The van der Waals surface area contributed by atoms with Crippen molar-refractivity contribution in [3.63, 3.8) is 0 Å². The summed E-state index contributed by atoms with van der Waals surface area (Å²) < 4.78 is 11.2. The van der Waals surface area contributed by atoms with E-state index in [-0.39, 0.29) is 11.9 Å². The van der Waals surface area contributed by atoms with Gasteiger partial charge in [-0.2, -0.15) is 0 Å². The van der Waals surface area contributed by atoms with Gasteiger partial charge in [0.2, 0.25) is 11.7 Å². The van der Waals surface area contributed by atoms with Crippen LogP contribution in [0.5, 0.6) is 0 Å². The van der Waals surface area contributed by atoms with E-state index in [0.717, 1.165) is 32.1 Å². The molecule has 2 aromatic rings. The second-order valence-corrected chi connectivity index (χ2v) is 6.92. The molecule has 2 aromatic heterocycles. The van der Waals surface area contributed by atoms with Gasteiger partial charge >= 0.3 is 6.01 Å². The molecule has 0 spiro atoms. The zero-order valence-corrected chi connectivity index (χ0v) is 14.5. The molecule has 2 fully saturated rings. The van der Waals surface area contributed by atoms with Crippen LogP contribution in [0.2, 0.25) is 0 Å². The number of aryl methyl sites for hydroxylation is 1. The summed E-state index contributed by atoms with van der Waals surface area (Å²) in [6.45, 7) is 4.28. The van der Waals surface area contributed by atoms with E-state index < -0.39 is 0 Å². The van der Waals surface area contributed by atoms with Gasteiger partial charge in [-0.25, -0.2) is 4.98 Å². The second kappa shape index (κ2) is 6.50. The molecule has 4 rings (SSSR count). The molecule has 2 N–H and O–H groups in total. The molecule has 0 radical (unpaired) electrons. The maximum Gasteiger partial charge on any atom is 0.315 e. The standard InChI is InChI=1S/C17H23N5O3/c1-3-12(20-17-22-21-16(25-17)11-6-7-11)8-18-14(23)13-9(2)19-15(24-13)10-4-5-10/h10-12H,3-8H2,1-2H3,(H,18,23)(H,20,22). The van der Waals surface area contributed by atoms with Crippen LogP contribution in [-0.4, -0.2) is 33.7 Å². The van der Waals surface area contributed by atoms with Gasteiger partial charge in [-0.1, -0.05) is 12.0 Å². The Morgan fingerprint density at radius 3 is 2.56 bits per heavy atom. The fraction of sp³-hybridized carbons (Fsp3) is 0.647. The molecule has 1 amide bonds. The summed E-state index contributed by atoms with van der Waals surface area (Å²) in [6.07, 6.45) is 5.23. The first-order chi connectivity index (χ1) is 12.1. The third-order valence-corrected chi connectivity index (χ3v) is 4.64.